The van der Waals surface area contributed by atoms with Gasteiger partial charge in [0.15, 0.2) is 15.0 Å². The third kappa shape index (κ3) is 6.80. The zero-order chi connectivity index (χ0) is 27.7. The third-order valence-corrected chi connectivity index (χ3v) is 10.9. The SMILES string of the molecule is CCC1CCCCN1S(=O)(=O)c1ccc(C(=O)N(CCN(C)C)c2nc3c(S(C)(=O)=O)cccc3s2)cc1.Cl. The molecule has 0 radical (unpaired) electrons. The molecule has 1 unspecified atom stereocenters. The summed E-state index contributed by atoms with van der Waals surface area (Å²) >= 11 is 1.25. The topological polar surface area (TPSA) is 108 Å². The zero-order valence-corrected chi connectivity index (χ0v) is 25.8. The molecule has 214 valence electrons. The zero-order valence-electron chi connectivity index (χ0n) is 22.5. The number of sulfone groups is 1. The van der Waals surface area contributed by atoms with Gasteiger partial charge in [-0.1, -0.05) is 30.7 Å². The maximum Gasteiger partial charge on any atom is 0.260 e. The van der Waals surface area contributed by atoms with E-state index in [0.717, 1.165) is 31.9 Å². The van der Waals surface area contributed by atoms with E-state index >= 15 is 0 Å². The van der Waals surface area contributed by atoms with Gasteiger partial charge in [0.25, 0.3) is 5.91 Å². The Labute approximate surface area is 241 Å². The minimum absolute atomic E-state index is 0. The largest absolute Gasteiger partial charge is 0.308 e. The number of carbonyl (C=O) groups is 1. The summed E-state index contributed by atoms with van der Waals surface area (Å²) in [6, 6.07) is 11.0. The summed E-state index contributed by atoms with van der Waals surface area (Å²) in [5.74, 6) is -0.333. The fraction of sp³-hybridized carbons (Fsp3) is 0.462. The summed E-state index contributed by atoms with van der Waals surface area (Å²) in [6.07, 6.45) is 4.63. The number of nitrogens with zero attached hydrogens (tertiary/aromatic N) is 4. The molecule has 1 saturated heterocycles. The Morgan fingerprint density at radius 3 is 2.36 bits per heavy atom. The Morgan fingerprint density at radius 2 is 1.74 bits per heavy atom. The van der Waals surface area contributed by atoms with Crippen molar-refractivity contribution in [1.82, 2.24) is 14.2 Å². The van der Waals surface area contributed by atoms with Crippen molar-refractivity contribution in [3.05, 3.63) is 48.0 Å². The minimum atomic E-state index is -3.66. The highest BCUT2D eigenvalue weighted by Crippen LogP contribution is 2.33. The molecular formula is C26H35ClN4O5S3. The Hall–Kier alpha value is -2.09. The first kappa shape index (κ1) is 31.4. The predicted octanol–water partition coefficient (Wildman–Crippen LogP) is 4.28. The van der Waals surface area contributed by atoms with Crippen LogP contribution in [-0.2, 0) is 19.9 Å². The predicted molar refractivity (Wildman–Crippen MR) is 158 cm³/mol. The van der Waals surface area contributed by atoms with Crippen molar-refractivity contribution in [2.24, 2.45) is 0 Å². The smallest absolute Gasteiger partial charge is 0.260 e. The van der Waals surface area contributed by atoms with E-state index in [1.165, 1.54) is 46.6 Å². The maximum atomic E-state index is 13.7. The van der Waals surface area contributed by atoms with Gasteiger partial charge in [-0.3, -0.25) is 9.69 Å². The molecule has 2 aromatic carbocycles. The standard InChI is InChI=1S/C26H34N4O5S3.ClH/c1-5-20-9-6-7-16-30(20)38(34,35)21-14-12-19(13-15-21)25(31)29(18-17-28(2)3)26-27-24-22(36-26)10-8-11-23(24)37(4,32)33;/h8,10-15,20H,5-7,9,16-18H2,1-4H3;1H. The number of rotatable bonds is 9. The average Bonchev–Trinajstić information content (AvgIpc) is 3.32. The number of likely N-dealkylation sites (N-methyl/N-ethyl adjacent to an activating group) is 1. The van der Waals surface area contributed by atoms with Crippen LogP contribution in [0.4, 0.5) is 5.13 Å². The number of anilines is 1. The minimum Gasteiger partial charge on any atom is -0.308 e. The molecule has 0 aliphatic carbocycles. The van der Waals surface area contributed by atoms with Gasteiger partial charge in [-0.05, 0) is 69.8 Å². The molecule has 2 heterocycles. The van der Waals surface area contributed by atoms with Gasteiger partial charge < -0.3 is 4.90 Å². The van der Waals surface area contributed by atoms with E-state index in [9.17, 15) is 21.6 Å². The van der Waals surface area contributed by atoms with E-state index in [1.807, 2.05) is 25.9 Å². The Balaban J connectivity index is 0.00000420. The summed E-state index contributed by atoms with van der Waals surface area (Å²) in [4.78, 5) is 22.0. The molecular weight excluding hydrogens is 580 g/mol. The second-order valence-electron chi connectivity index (χ2n) is 9.83. The highest BCUT2D eigenvalue weighted by Gasteiger charge is 2.33. The summed E-state index contributed by atoms with van der Waals surface area (Å²) in [5, 5.41) is 0.388. The molecule has 1 amide bonds. The lowest BCUT2D eigenvalue weighted by molar-refractivity contribution is 0.0985. The molecule has 0 bridgehead atoms. The molecule has 0 N–H and O–H groups in total. The van der Waals surface area contributed by atoms with Gasteiger partial charge >= 0.3 is 0 Å². The Kier molecular flexibility index (Phi) is 10.2. The van der Waals surface area contributed by atoms with Crippen LogP contribution in [0.15, 0.2) is 52.3 Å². The summed E-state index contributed by atoms with van der Waals surface area (Å²) in [5.41, 5.74) is 0.669. The van der Waals surface area contributed by atoms with E-state index in [0.29, 0.717) is 40.5 Å². The third-order valence-electron chi connectivity index (χ3n) is 6.77. The lowest BCUT2D eigenvalue weighted by Crippen LogP contribution is -2.43. The van der Waals surface area contributed by atoms with Gasteiger partial charge in [0, 0.05) is 37.5 Å². The van der Waals surface area contributed by atoms with Crippen LogP contribution >= 0.6 is 23.7 Å². The number of thiazole rings is 1. The van der Waals surface area contributed by atoms with E-state index in [1.54, 1.807) is 16.4 Å². The quantitative estimate of drug-likeness (QED) is 0.354. The van der Waals surface area contributed by atoms with Gasteiger partial charge in [0.1, 0.15) is 5.52 Å². The van der Waals surface area contributed by atoms with Gasteiger partial charge in [0.05, 0.1) is 14.5 Å². The number of halogens is 1. The molecule has 1 aliphatic rings. The molecule has 9 nitrogen and oxygen atoms in total. The second-order valence-corrected chi connectivity index (χ2v) is 14.7. The lowest BCUT2D eigenvalue weighted by atomic mass is 10.0. The number of hydrogen-bond donors (Lipinski definition) is 0. The molecule has 0 spiro atoms. The number of aromatic nitrogens is 1. The van der Waals surface area contributed by atoms with Crippen molar-refractivity contribution in [2.45, 2.75) is 48.4 Å². The summed E-state index contributed by atoms with van der Waals surface area (Å²) in [6.45, 7) is 3.39. The van der Waals surface area contributed by atoms with Crippen LogP contribution in [0.2, 0.25) is 0 Å². The van der Waals surface area contributed by atoms with Crippen molar-refractivity contribution in [3.63, 3.8) is 0 Å². The van der Waals surface area contributed by atoms with Crippen LogP contribution in [-0.4, -0.2) is 83.0 Å². The number of piperidine rings is 1. The number of carbonyl (C=O) groups excluding carboxylic acids is 1. The highest BCUT2D eigenvalue weighted by molar-refractivity contribution is 7.91. The summed E-state index contributed by atoms with van der Waals surface area (Å²) in [7, 11) is -3.37. The first-order chi connectivity index (χ1) is 17.9. The molecule has 0 saturated carbocycles. The van der Waals surface area contributed by atoms with Crippen molar-refractivity contribution < 1.29 is 21.6 Å². The van der Waals surface area contributed by atoms with Crippen LogP contribution in [0.3, 0.4) is 0 Å². The van der Waals surface area contributed by atoms with Crippen LogP contribution in [0.5, 0.6) is 0 Å². The number of fused-ring (bicyclic) bond motifs is 1. The van der Waals surface area contributed by atoms with Gasteiger partial charge in [-0.25, -0.2) is 21.8 Å². The van der Waals surface area contributed by atoms with E-state index in [2.05, 4.69) is 4.98 Å². The highest BCUT2D eigenvalue weighted by atomic mass is 35.5. The van der Waals surface area contributed by atoms with Crippen LogP contribution in [0.25, 0.3) is 10.2 Å². The van der Waals surface area contributed by atoms with Gasteiger partial charge in [-0.2, -0.15) is 4.31 Å². The number of amides is 1. The molecule has 1 fully saturated rings. The lowest BCUT2D eigenvalue weighted by Gasteiger charge is -2.34. The van der Waals surface area contributed by atoms with Crippen LogP contribution < -0.4 is 4.90 Å². The number of para-hydroxylation sites is 1. The number of benzene rings is 2. The molecule has 1 aliphatic heterocycles. The molecule has 4 rings (SSSR count). The number of hydrogen-bond acceptors (Lipinski definition) is 8. The Bertz CT molecular complexity index is 1520. The fourth-order valence-electron chi connectivity index (χ4n) is 4.67. The van der Waals surface area contributed by atoms with Crippen LogP contribution in [0, 0.1) is 0 Å². The van der Waals surface area contributed by atoms with E-state index in [-0.39, 0.29) is 34.1 Å². The maximum absolute atomic E-state index is 13.7. The van der Waals surface area contributed by atoms with E-state index in [4.69, 9.17) is 0 Å². The second kappa shape index (κ2) is 12.6. The average molecular weight is 615 g/mol. The molecule has 13 heteroatoms. The van der Waals surface area contributed by atoms with Crippen molar-refractivity contribution >= 4 is 64.9 Å². The van der Waals surface area contributed by atoms with Gasteiger partial charge in [0.2, 0.25) is 10.0 Å². The van der Waals surface area contributed by atoms with Gasteiger partial charge in [-0.15, -0.1) is 12.4 Å². The molecule has 1 atom stereocenters. The first-order valence-electron chi connectivity index (χ1n) is 12.6. The van der Waals surface area contributed by atoms with E-state index < -0.39 is 19.9 Å². The normalized spacial score (nSPS) is 16.8. The Morgan fingerprint density at radius 1 is 1.05 bits per heavy atom. The molecule has 3 aromatic rings. The first-order valence-corrected chi connectivity index (χ1v) is 16.8. The van der Waals surface area contributed by atoms with Crippen molar-refractivity contribution in [2.75, 3.05) is 44.9 Å². The summed E-state index contributed by atoms with van der Waals surface area (Å²) < 4.78 is 53.5. The van der Waals surface area contributed by atoms with Crippen molar-refractivity contribution in [1.29, 1.82) is 0 Å². The molecule has 39 heavy (non-hydrogen) atoms. The monoisotopic (exact) mass is 614 g/mol. The van der Waals surface area contributed by atoms with Crippen LogP contribution in [0.1, 0.15) is 43.0 Å². The van der Waals surface area contributed by atoms with Crippen molar-refractivity contribution in [3.8, 4) is 0 Å². The number of sulfonamides is 1. The fourth-order valence-corrected chi connectivity index (χ4v) is 8.35. The molecule has 1 aromatic heterocycles.